The van der Waals surface area contributed by atoms with Crippen LogP contribution in [0.2, 0.25) is 5.15 Å². The third-order valence-electron chi connectivity index (χ3n) is 10.3. The summed E-state index contributed by atoms with van der Waals surface area (Å²) in [4.78, 5) is 42.6. The van der Waals surface area contributed by atoms with Crippen LogP contribution in [-0.2, 0) is 16.0 Å². The lowest BCUT2D eigenvalue weighted by Gasteiger charge is -2.41. The van der Waals surface area contributed by atoms with Gasteiger partial charge in [0.1, 0.15) is 16.8 Å². The molecule has 2 saturated heterocycles. The minimum absolute atomic E-state index is 0.0565. The van der Waals surface area contributed by atoms with Crippen LogP contribution in [0.25, 0.3) is 0 Å². The van der Waals surface area contributed by atoms with Gasteiger partial charge in [-0.1, -0.05) is 126 Å². The van der Waals surface area contributed by atoms with Crippen LogP contribution in [0, 0.1) is 0 Å². The van der Waals surface area contributed by atoms with Gasteiger partial charge in [0, 0.05) is 56.7 Å². The number of thioether (sulfide) groups is 1. The normalized spacial score (nSPS) is 16.3. The van der Waals surface area contributed by atoms with Crippen molar-refractivity contribution < 1.29 is 9.59 Å². The number of ketones is 1. The van der Waals surface area contributed by atoms with Gasteiger partial charge in [-0.3, -0.25) is 14.5 Å². The smallest absolute Gasteiger partial charge is 0.253 e. The van der Waals surface area contributed by atoms with E-state index in [0.29, 0.717) is 60.6 Å². The number of piperazine rings is 1. The molecule has 51 heavy (non-hydrogen) atoms. The SMILES string of the molecule is CC(=O)C1(c2ccccc2)CCN(c2cc(Cl)nc(SCc3cccc(C(=O)N4CCN(C(c5ccccc5)c5ccccc5)CC4)c3)n2)CC1. The maximum atomic E-state index is 13.7. The summed E-state index contributed by atoms with van der Waals surface area (Å²) in [6.07, 6.45) is 1.43. The maximum absolute atomic E-state index is 13.7. The van der Waals surface area contributed by atoms with E-state index in [0.717, 1.165) is 30.0 Å². The van der Waals surface area contributed by atoms with Crippen LogP contribution < -0.4 is 4.90 Å². The molecule has 7 rings (SSSR count). The minimum atomic E-state index is -0.477. The van der Waals surface area contributed by atoms with Gasteiger partial charge in [-0.2, -0.15) is 0 Å². The molecule has 2 aliphatic heterocycles. The zero-order valence-corrected chi connectivity index (χ0v) is 30.4. The molecule has 9 heteroatoms. The van der Waals surface area contributed by atoms with Crippen molar-refractivity contribution in [3.8, 4) is 0 Å². The number of benzene rings is 4. The molecular weight excluding hydrogens is 674 g/mol. The molecule has 2 fully saturated rings. The Morgan fingerprint density at radius 1 is 0.745 bits per heavy atom. The molecule has 260 valence electrons. The number of rotatable bonds is 10. The molecule has 0 unspecified atom stereocenters. The van der Waals surface area contributed by atoms with E-state index in [2.05, 4.69) is 87.6 Å². The van der Waals surface area contributed by atoms with Gasteiger partial charge in [0.25, 0.3) is 5.91 Å². The molecule has 4 aromatic carbocycles. The monoisotopic (exact) mass is 715 g/mol. The number of aromatic nitrogens is 2. The average Bonchev–Trinajstić information content (AvgIpc) is 3.18. The second-order valence-electron chi connectivity index (χ2n) is 13.4. The first-order chi connectivity index (χ1) is 24.9. The van der Waals surface area contributed by atoms with Gasteiger partial charge < -0.3 is 9.80 Å². The lowest BCUT2D eigenvalue weighted by atomic mass is 9.70. The van der Waals surface area contributed by atoms with Gasteiger partial charge in [-0.25, -0.2) is 9.97 Å². The molecule has 0 radical (unpaired) electrons. The number of amides is 1. The van der Waals surface area contributed by atoms with E-state index >= 15 is 0 Å². The number of hydrogen-bond acceptors (Lipinski definition) is 7. The molecule has 5 aromatic rings. The highest BCUT2D eigenvalue weighted by atomic mass is 35.5. The molecular formula is C42H42ClN5O2S. The zero-order valence-electron chi connectivity index (χ0n) is 28.8. The van der Waals surface area contributed by atoms with Crippen molar-refractivity contribution in [1.82, 2.24) is 19.8 Å². The molecule has 0 atom stereocenters. The molecule has 3 heterocycles. The van der Waals surface area contributed by atoms with E-state index in [-0.39, 0.29) is 17.7 Å². The van der Waals surface area contributed by atoms with E-state index in [1.807, 2.05) is 47.4 Å². The van der Waals surface area contributed by atoms with Gasteiger partial charge in [0.2, 0.25) is 0 Å². The van der Waals surface area contributed by atoms with Crippen molar-refractivity contribution in [2.24, 2.45) is 0 Å². The van der Waals surface area contributed by atoms with Crippen LogP contribution in [0.1, 0.15) is 58.4 Å². The summed E-state index contributed by atoms with van der Waals surface area (Å²) in [6, 6.07) is 41.2. The number of anilines is 1. The van der Waals surface area contributed by atoms with E-state index in [1.165, 1.54) is 22.9 Å². The van der Waals surface area contributed by atoms with Crippen LogP contribution >= 0.6 is 23.4 Å². The maximum Gasteiger partial charge on any atom is 0.253 e. The summed E-state index contributed by atoms with van der Waals surface area (Å²) in [5, 5.41) is 0.974. The van der Waals surface area contributed by atoms with Crippen LogP contribution in [0.4, 0.5) is 5.82 Å². The summed E-state index contributed by atoms with van der Waals surface area (Å²) in [5.74, 6) is 1.63. The Bertz CT molecular complexity index is 1910. The fourth-order valence-corrected chi connectivity index (χ4v) is 8.55. The molecule has 2 aliphatic rings. The van der Waals surface area contributed by atoms with E-state index < -0.39 is 5.41 Å². The van der Waals surface area contributed by atoms with Gasteiger partial charge in [0.05, 0.1) is 11.5 Å². The summed E-state index contributed by atoms with van der Waals surface area (Å²) < 4.78 is 0. The third-order valence-corrected chi connectivity index (χ3v) is 11.5. The molecule has 1 amide bonds. The number of Topliss-reactive ketones (excluding diaryl/α,β-unsaturated/α-hetero) is 1. The lowest BCUT2D eigenvalue weighted by Crippen LogP contribution is -2.49. The van der Waals surface area contributed by atoms with Crippen molar-refractivity contribution >= 4 is 40.9 Å². The molecule has 1 aromatic heterocycles. The van der Waals surface area contributed by atoms with Crippen LogP contribution in [0.3, 0.4) is 0 Å². The third kappa shape index (κ3) is 7.88. The Morgan fingerprint density at radius 2 is 1.35 bits per heavy atom. The number of halogens is 1. The summed E-state index contributed by atoms with van der Waals surface area (Å²) in [5.41, 5.74) is 4.84. The molecule has 0 saturated carbocycles. The highest BCUT2D eigenvalue weighted by Crippen LogP contribution is 2.38. The minimum Gasteiger partial charge on any atom is -0.356 e. The number of piperidine rings is 1. The molecule has 0 spiro atoms. The Morgan fingerprint density at radius 3 is 1.96 bits per heavy atom. The second-order valence-corrected chi connectivity index (χ2v) is 14.7. The van der Waals surface area contributed by atoms with E-state index in [4.69, 9.17) is 16.6 Å². The quantitative estimate of drug-likeness (QED) is 0.0823. The van der Waals surface area contributed by atoms with Crippen molar-refractivity contribution in [3.63, 3.8) is 0 Å². The largest absolute Gasteiger partial charge is 0.356 e. The predicted molar refractivity (Wildman–Crippen MR) is 205 cm³/mol. The topological polar surface area (TPSA) is 69.6 Å². The number of carbonyl (C=O) groups excluding carboxylic acids is 2. The first kappa shape index (κ1) is 34.9. The van der Waals surface area contributed by atoms with Gasteiger partial charge in [0.15, 0.2) is 5.16 Å². The van der Waals surface area contributed by atoms with Gasteiger partial charge in [-0.15, -0.1) is 0 Å². The highest BCUT2D eigenvalue weighted by molar-refractivity contribution is 7.98. The Kier molecular flexibility index (Phi) is 10.8. The van der Waals surface area contributed by atoms with E-state index in [9.17, 15) is 9.59 Å². The fraction of sp³-hybridized carbons (Fsp3) is 0.286. The molecule has 7 nitrogen and oxygen atoms in total. The average molecular weight is 716 g/mol. The number of nitrogens with zero attached hydrogens (tertiary/aromatic N) is 5. The summed E-state index contributed by atoms with van der Waals surface area (Å²) in [6.45, 7) is 6.03. The number of carbonyl (C=O) groups is 2. The van der Waals surface area contributed by atoms with E-state index in [1.54, 1.807) is 13.0 Å². The van der Waals surface area contributed by atoms with Crippen LogP contribution in [0.15, 0.2) is 126 Å². The Labute approximate surface area is 309 Å². The highest BCUT2D eigenvalue weighted by Gasteiger charge is 2.40. The fourth-order valence-electron chi connectivity index (χ4n) is 7.52. The van der Waals surface area contributed by atoms with Crippen LogP contribution in [-0.4, -0.2) is 70.7 Å². The molecule has 0 aliphatic carbocycles. The van der Waals surface area contributed by atoms with Crippen molar-refractivity contribution in [3.05, 3.63) is 154 Å². The van der Waals surface area contributed by atoms with Gasteiger partial charge in [-0.05, 0) is 54.2 Å². The van der Waals surface area contributed by atoms with Crippen molar-refractivity contribution in [2.45, 2.75) is 42.1 Å². The van der Waals surface area contributed by atoms with Crippen LogP contribution in [0.5, 0.6) is 0 Å². The molecule has 0 bridgehead atoms. The van der Waals surface area contributed by atoms with Gasteiger partial charge >= 0.3 is 0 Å². The first-order valence-electron chi connectivity index (χ1n) is 17.6. The van der Waals surface area contributed by atoms with Crippen molar-refractivity contribution in [2.75, 3.05) is 44.2 Å². The first-order valence-corrected chi connectivity index (χ1v) is 19.0. The Balaban J connectivity index is 0.973. The Hall–Kier alpha value is -4.50. The zero-order chi connectivity index (χ0) is 35.2. The van der Waals surface area contributed by atoms with Crippen molar-refractivity contribution in [1.29, 1.82) is 0 Å². The number of hydrogen-bond donors (Lipinski definition) is 0. The summed E-state index contributed by atoms with van der Waals surface area (Å²) >= 11 is 8.01. The lowest BCUT2D eigenvalue weighted by molar-refractivity contribution is -0.123. The second kappa shape index (κ2) is 15.8. The standard InChI is InChI=1S/C42H42ClN5O2S/c1-31(49)42(36-18-9-4-10-19-36)20-22-46(23-21-42)38-29-37(43)44-41(45-38)51-30-32-12-11-17-35(28-32)40(50)48-26-24-47(25-27-48)39(33-13-5-2-6-14-33)34-15-7-3-8-16-34/h2-19,28-29,39H,20-27,30H2,1H3. The predicted octanol–water partition coefficient (Wildman–Crippen LogP) is 8.10. The molecule has 0 N–H and O–H groups in total. The summed E-state index contributed by atoms with van der Waals surface area (Å²) in [7, 11) is 0.